The standard InChI is InChI=1S/C31H36N2O4S3/c1-3-5-17-39(35)23-26(40(36)18-6-4-2)21-37-30(34)22-38-31-28(20-32)27(24-13-9-7-10-14-24)19-29(33-31)25-15-11-8-12-16-25/h7-16,19,26H,3-6,17-18,21-23H2,1-2H3. The van der Waals surface area contributed by atoms with Gasteiger partial charge in [0.2, 0.25) is 0 Å². The Kier molecular flexibility index (Phi) is 13.6. The van der Waals surface area contributed by atoms with Crippen LogP contribution < -0.4 is 0 Å². The molecule has 3 rings (SSSR count). The van der Waals surface area contributed by atoms with Crippen LogP contribution in [0.5, 0.6) is 0 Å². The number of hydrogen-bond donors (Lipinski definition) is 0. The number of carbonyl (C=O) groups excluding carboxylic acids is 1. The Morgan fingerprint density at radius 2 is 1.60 bits per heavy atom. The highest BCUT2D eigenvalue weighted by Gasteiger charge is 2.22. The number of hydrogen-bond acceptors (Lipinski definition) is 7. The van der Waals surface area contributed by atoms with E-state index in [2.05, 4.69) is 6.07 Å². The molecule has 0 fully saturated rings. The zero-order valence-corrected chi connectivity index (χ0v) is 25.5. The molecule has 0 aliphatic rings. The summed E-state index contributed by atoms with van der Waals surface area (Å²) in [5.74, 6) is 0.783. The van der Waals surface area contributed by atoms with Crippen molar-refractivity contribution in [3.05, 3.63) is 72.3 Å². The Hall–Kier alpha value is -2.80. The highest BCUT2D eigenvalue weighted by Crippen LogP contribution is 2.34. The van der Waals surface area contributed by atoms with Gasteiger partial charge in [-0.25, -0.2) is 4.98 Å². The molecule has 40 heavy (non-hydrogen) atoms. The lowest BCUT2D eigenvalue weighted by Crippen LogP contribution is -2.31. The Morgan fingerprint density at radius 3 is 2.23 bits per heavy atom. The maximum absolute atomic E-state index is 12.9. The van der Waals surface area contributed by atoms with Gasteiger partial charge in [-0.1, -0.05) is 99.1 Å². The molecular formula is C31H36N2O4S3. The van der Waals surface area contributed by atoms with Crippen molar-refractivity contribution in [3.63, 3.8) is 0 Å². The first-order valence-electron chi connectivity index (χ1n) is 13.5. The quantitative estimate of drug-likeness (QED) is 0.140. The van der Waals surface area contributed by atoms with Crippen molar-refractivity contribution >= 4 is 39.3 Å². The molecule has 6 nitrogen and oxygen atoms in total. The molecule has 0 aliphatic carbocycles. The van der Waals surface area contributed by atoms with E-state index in [4.69, 9.17) is 9.72 Å². The first-order chi connectivity index (χ1) is 19.5. The average molecular weight is 597 g/mol. The van der Waals surface area contributed by atoms with Crippen LogP contribution in [-0.4, -0.2) is 54.2 Å². The number of benzene rings is 2. The van der Waals surface area contributed by atoms with E-state index < -0.39 is 32.8 Å². The molecule has 0 amide bonds. The third kappa shape index (κ3) is 9.69. The minimum Gasteiger partial charge on any atom is -0.464 e. The summed E-state index contributed by atoms with van der Waals surface area (Å²) >= 11 is 1.15. The molecule has 0 saturated heterocycles. The molecule has 3 unspecified atom stereocenters. The third-order valence-corrected chi connectivity index (χ3v) is 10.6. The lowest BCUT2D eigenvalue weighted by molar-refractivity contribution is -0.140. The van der Waals surface area contributed by atoms with Crippen LogP contribution in [0.2, 0.25) is 0 Å². The van der Waals surface area contributed by atoms with Crippen molar-refractivity contribution < 1.29 is 17.9 Å². The van der Waals surface area contributed by atoms with Crippen molar-refractivity contribution in [2.45, 2.75) is 49.8 Å². The topological polar surface area (TPSA) is 97.1 Å². The Labute approximate surface area is 246 Å². The van der Waals surface area contributed by atoms with Crippen LogP contribution in [0.3, 0.4) is 0 Å². The van der Waals surface area contributed by atoms with Crippen LogP contribution >= 0.6 is 11.8 Å². The highest BCUT2D eigenvalue weighted by atomic mass is 32.2. The number of nitriles is 1. The number of ether oxygens (including phenoxy) is 1. The molecule has 1 aromatic heterocycles. The van der Waals surface area contributed by atoms with E-state index in [0.29, 0.717) is 27.8 Å². The molecule has 0 saturated carbocycles. The minimum absolute atomic E-state index is 0.0363. The van der Waals surface area contributed by atoms with Gasteiger partial charge in [0.05, 0.1) is 22.3 Å². The monoisotopic (exact) mass is 596 g/mol. The van der Waals surface area contributed by atoms with Crippen LogP contribution in [0.1, 0.15) is 45.1 Å². The highest BCUT2D eigenvalue weighted by molar-refractivity contribution is 8.00. The number of carbonyl (C=O) groups is 1. The third-order valence-electron chi connectivity index (χ3n) is 6.18. The SMILES string of the molecule is CCCCS(=O)CC(COC(=O)CSc1nc(-c2ccccc2)cc(-c2ccccc2)c1C#N)S(=O)CCCC. The van der Waals surface area contributed by atoms with Gasteiger partial charge >= 0.3 is 5.97 Å². The summed E-state index contributed by atoms with van der Waals surface area (Å²) in [7, 11) is -2.33. The van der Waals surface area contributed by atoms with Crippen LogP contribution in [0.4, 0.5) is 0 Å². The number of pyridine rings is 1. The zero-order valence-electron chi connectivity index (χ0n) is 23.0. The first kappa shape index (κ1) is 31.7. The number of rotatable bonds is 16. The molecule has 3 aromatic rings. The molecule has 212 valence electrons. The normalized spacial score (nSPS) is 13.2. The molecule has 1 heterocycles. The fourth-order valence-electron chi connectivity index (χ4n) is 3.94. The van der Waals surface area contributed by atoms with Gasteiger partial charge in [0.1, 0.15) is 17.7 Å². The van der Waals surface area contributed by atoms with E-state index >= 15 is 0 Å². The summed E-state index contributed by atoms with van der Waals surface area (Å²) in [5, 5.41) is 10.0. The second-order valence-corrected chi connectivity index (χ2v) is 13.7. The fraction of sp³-hybridized carbons (Fsp3) is 0.387. The second kappa shape index (κ2) is 17.1. The minimum atomic E-state index is -1.23. The Balaban J connectivity index is 1.77. The number of aromatic nitrogens is 1. The summed E-state index contributed by atoms with van der Waals surface area (Å²) in [6.45, 7) is 4.03. The van der Waals surface area contributed by atoms with E-state index in [1.807, 2.05) is 80.6 Å². The summed E-state index contributed by atoms with van der Waals surface area (Å²) < 4.78 is 30.9. The number of unbranched alkanes of at least 4 members (excludes halogenated alkanes) is 2. The van der Waals surface area contributed by atoms with Crippen LogP contribution in [0.25, 0.3) is 22.4 Å². The molecule has 0 N–H and O–H groups in total. The van der Waals surface area contributed by atoms with Gasteiger partial charge < -0.3 is 4.74 Å². The number of esters is 1. The smallest absolute Gasteiger partial charge is 0.316 e. The van der Waals surface area contributed by atoms with Gasteiger partial charge in [-0.05, 0) is 24.5 Å². The lowest BCUT2D eigenvalue weighted by atomic mass is 9.99. The van der Waals surface area contributed by atoms with Gasteiger partial charge in [-0.3, -0.25) is 13.2 Å². The number of thioether (sulfide) groups is 1. The van der Waals surface area contributed by atoms with E-state index in [0.717, 1.165) is 54.1 Å². The van der Waals surface area contributed by atoms with Gasteiger partial charge in [-0.15, -0.1) is 0 Å². The number of nitrogens with zero attached hydrogens (tertiary/aromatic N) is 2. The van der Waals surface area contributed by atoms with Crippen molar-refractivity contribution in [1.82, 2.24) is 4.98 Å². The van der Waals surface area contributed by atoms with Crippen LogP contribution in [-0.2, 0) is 31.1 Å². The summed E-state index contributed by atoms with van der Waals surface area (Å²) in [6, 6.07) is 23.5. The Morgan fingerprint density at radius 1 is 0.975 bits per heavy atom. The summed E-state index contributed by atoms with van der Waals surface area (Å²) in [6.07, 6.45) is 3.50. The fourth-order valence-corrected chi connectivity index (χ4v) is 8.22. The average Bonchev–Trinajstić information content (AvgIpc) is 3.00. The largest absolute Gasteiger partial charge is 0.464 e. The first-order valence-corrected chi connectivity index (χ1v) is 17.4. The van der Waals surface area contributed by atoms with Crippen molar-refractivity contribution in [3.8, 4) is 28.5 Å². The summed E-state index contributed by atoms with van der Waals surface area (Å²) in [5.41, 5.74) is 3.64. The molecule has 0 bridgehead atoms. The molecular weight excluding hydrogens is 561 g/mol. The zero-order chi connectivity index (χ0) is 28.7. The van der Waals surface area contributed by atoms with E-state index in [-0.39, 0.29) is 18.1 Å². The predicted octanol–water partition coefficient (Wildman–Crippen LogP) is 6.39. The maximum atomic E-state index is 12.9. The molecule has 0 spiro atoms. The molecule has 0 radical (unpaired) electrons. The van der Waals surface area contributed by atoms with Gasteiger partial charge in [-0.2, -0.15) is 5.26 Å². The van der Waals surface area contributed by atoms with E-state index in [9.17, 15) is 18.5 Å². The second-order valence-electron chi connectivity index (χ2n) is 9.28. The van der Waals surface area contributed by atoms with E-state index in [1.165, 1.54) is 0 Å². The maximum Gasteiger partial charge on any atom is 0.316 e. The van der Waals surface area contributed by atoms with Gasteiger partial charge in [0, 0.05) is 50.0 Å². The van der Waals surface area contributed by atoms with Gasteiger partial charge in [0.25, 0.3) is 0 Å². The van der Waals surface area contributed by atoms with E-state index in [1.54, 1.807) is 0 Å². The van der Waals surface area contributed by atoms with Crippen molar-refractivity contribution in [1.29, 1.82) is 5.26 Å². The Bertz CT molecular complexity index is 1330. The molecule has 2 aromatic carbocycles. The molecule has 0 aliphatic heterocycles. The lowest BCUT2D eigenvalue weighted by Gasteiger charge is -2.17. The van der Waals surface area contributed by atoms with Crippen LogP contribution in [0, 0.1) is 11.3 Å². The predicted molar refractivity (Wildman–Crippen MR) is 166 cm³/mol. The summed E-state index contributed by atoms with van der Waals surface area (Å²) in [4.78, 5) is 17.5. The molecule has 9 heteroatoms. The van der Waals surface area contributed by atoms with Crippen LogP contribution in [0.15, 0.2) is 71.8 Å². The van der Waals surface area contributed by atoms with Crippen molar-refractivity contribution in [2.24, 2.45) is 0 Å². The molecule has 3 atom stereocenters. The van der Waals surface area contributed by atoms with Gasteiger partial charge in [0.15, 0.2) is 0 Å². The van der Waals surface area contributed by atoms with Crippen molar-refractivity contribution in [2.75, 3.05) is 29.6 Å².